The molecule has 194 valence electrons. The molecule has 0 atom stereocenters. The van der Waals surface area contributed by atoms with Gasteiger partial charge in [0.15, 0.2) is 0 Å². The molecule has 3 nitrogen and oxygen atoms in total. The first-order valence-electron chi connectivity index (χ1n) is 13.4. The molecule has 0 fully saturated rings. The summed E-state index contributed by atoms with van der Waals surface area (Å²) in [7, 11) is 0. The van der Waals surface area contributed by atoms with Gasteiger partial charge in [0.1, 0.15) is 0 Å². The molecule has 0 aliphatic heterocycles. The summed E-state index contributed by atoms with van der Waals surface area (Å²) in [4.78, 5) is 18.1. The number of aromatic nitrogens is 2. The second-order valence-electron chi connectivity index (χ2n) is 9.12. The summed E-state index contributed by atoms with van der Waals surface area (Å²) in [5.41, 5.74) is 4.97. The van der Waals surface area contributed by atoms with E-state index in [0.29, 0.717) is 11.8 Å². The summed E-state index contributed by atoms with van der Waals surface area (Å²) in [6, 6.07) is 9.09. The summed E-state index contributed by atoms with van der Waals surface area (Å²) in [5, 5.41) is 0. The number of pyridine rings is 2. The van der Waals surface area contributed by atoms with Crippen LogP contribution in [0.5, 0.6) is 0 Å². The summed E-state index contributed by atoms with van der Waals surface area (Å²) < 4.78 is 0. The van der Waals surface area contributed by atoms with Crippen LogP contribution in [-0.2, 0) is 21.9 Å². The van der Waals surface area contributed by atoms with E-state index in [4.69, 9.17) is 14.8 Å². The van der Waals surface area contributed by atoms with Crippen LogP contribution in [0.15, 0.2) is 36.7 Å². The van der Waals surface area contributed by atoms with Gasteiger partial charge in [0.25, 0.3) is 0 Å². The van der Waals surface area contributed by atoms with Crippen molar-refractivity contribution in [2.75, 3.05) is 0 Å². The minimum atomic E-state index is 0. The Bertz CT molecular complexity index is 687. The van der Waals surface area contributed by atoms with Crippen molar-refractivity contribution in [3.63, 3.8) is 0 Å². The molecule has 0 N–H and O–H groups in total. The van der Waals surface area contributed by atoms with Crippen LogP contribution in [0, 0.1) is 0 Å². The molecule has 0 amide bonds. The molecule has 2 aromatic rings. The number of rotatable bonds is 15. The Labute approximate surface area is 220 Å². The number of unbranched alkanes of at least 4 members (excludes halogenated alkanes) is 4. The third kappa shape index (κ3) is 12.3. The molecule has 0 unspecified atom stereocenters. The molecule has 0 bridgehead atoms. The van der Waals surface area contributed by atoms with Crippen molar-refractivity contribution in [2.24, 2.45) is 0 Å². The van der Waals surface area contributed by atoms with Gasteiger partial charge >= 0.3 is 17.1 Å². The van der Waals surface area contributed by atoms with Crippen LogP contribution in [-0.4, -0.2) is 16.3 Å². The number of hydrogen-bond acceptors (Lipinski definition) is 3. The molecule has 2 aromatic heterocycles. The summed E-state index contributed by atoms with van der Waals surface area (Å²) >= 11 is 0. The molecule has 0 saturated carbocycles. The largest absolute Gasteiger partial charge is 1.00 e. The fourth-order valence-corrected chi connectivity index (χ4v) is 4.44. The van der Waals surface area contributed by atoms with Crippen molar-refractivity contribution in [2.45, 2.75) is 124 Å². The SMILES string of the molecule is CCCCC(CCCC)c1ccnc(-c2cc(C(CCCC)CCCC)ccn2)c1.C[C-]=O.[Cu+]. The first kappa shape index (κ1) is 32.5. The van der Waals surface area contributed by atoms with E-state index in [-0.39, 0.29) is 17.1 Å². The van der Waals surface area contributed by atoms with Gasteiger partial charge < -0.3 is 4.79 Å². The Morgan fingerprint density at radius 3 is 1.24 bits per heavy atom. The Kier molecular flexibility index (Phi) is 19.9. The van der Waals surface area contributed by atoms with Gasteiger partial charge in [-0.3, -0.25) is 16.3 Å². The second-order valence-corrected chi connectivity index (χ2v) is 9.12. The minimum Gasteiger partial charge on any atom is -0.542 e. The van der Waals surface area contributed by atoms with E-state index in [1.54, 1.807) is 0 Å². The van der Waals surface area contributed by atoms with E-state index >= 15 is 0 Å². The molecule has 2 rings (SSSR count). The molecule has 34 heavy (non-hydrogen) atoms. The van der Waals surface area contributed by atoms with Gasteiger partial charge in [0, 0.05) is 12.4 Å². The quantitative estimate of drug-likeness (QED) is 0.176. The minimum absolute atomic E-state index is 0. The first-order valence-corrected chi connectivity index (χ1v) is 13.4. The van der Waals surface area contributed by atoms with Crippen LogP contribution < -0.4 is 0 Å². The van der Waals surface area contributed by atoms with Crippen molar-refractivity contribution in [1.82, 2.24) is 9.97 Å². The van der Waals surface area contributed by atoms with Gasteiger partial charge in [-0.05, 0) is 72.9 Å². The number of hydrogen-bond donors (Lipinski definition) is 0. The molecule has 4 heteroatoms. The van der Waals surface area contributed by atoms with Crippen LogP contribution in [0.1, 0.15) is 135 Å². The van der Waals surface area contributed by atoms with E-state index in [2.05, 4.69) is 52.0 Å². The van der Waals surface area contributed by atoms with E-state index in [1.165, 1.54) is 101 Å². The fourth-order valence-electron chi connectivity index (χ4n) is 4.44. The topological polar surface area (TPSA) is 42.9 Å². The van der Waals surface area contributed by atoms with Gasteiger partial charge in [-0.15, -0.1) is 0 Å². The monoisotopic (exact) mass is 514 g/mol. The molecule has 0 spiro atoms. The smallest absolute Gasteiger partial charge is 0.542 e. The zero-order chi connectivity index (χ0) is 24.3. The maximum atomic E-state index is 8.68. The van der Waals surface area contributed by atoms with Crippen LogP contribution in [0.3, 0.4) is 0 Å². The van der Waals surface area contributed by atoms with E-state index in [0.717, 1.165) is 11.4 Å². The van der Waals surface area contributed by atoms with E-state index in [9.17, 15) is 0 Å². The molecule has 0 radical (unpaired) electrons. The van der Waals surface area contributed by atoms with Crippen molar-refractivity contribution in [1.29, 1.82) is 0 Å². The zero-order valence-corrected chi connectivity index (χ0v) is 23.1. The predicted molar refractivity (Wildman–Crippen MR) is 142 cm³/mol. The summed E-state index contributed by atoms with van der Waals surface area (Å²) in [5.74, 6) is 1.30. The van der Waals surface area contributed by atoms with Gasteiger partial charge in [-0.2, -0.15) is 6.92 Å². The van der Waals surface area contributed by atoms with Gasteiger partial charge in [-0.25, -0.2) is 0 Å². The summed E-state index contributed by atoms with van der Waals surface area (Å²) in [6.45, 7) is 10.5. The number of carbonyl (C=O) groups excluding carboxylic acids is 1. The van der Waals surface area contributed by atoms with Crippen LogP contribution in [0.2, 0.25) is 0 Å². The molecule has 0 aliphatic carbocycles. The standard InChI is InChI=1S/C28H44N2.C2H3O.Cu/c1-5-9-13-23(14-10-6-2)25-17-19-29-27(21-25)28-22-26(18-20-30-28)24(15-11-7-3)16-12-8-4;1-2-3;/h17-24H,5-16H2,1-4H3;1H3;/q;-1;+1. The molecular formula is C30H47CuN2O. The Hall–Kier alpha value is -1.51. The Morgan fingerprint density at radius 1 is 0.676 bits per heavy atom. The van der Waals surface area contributed by atoms with Crippen molar-refractivity contribution >= 4 is 6.29 Å². The van der Waals surface area contributed by atoms with Gasteiger partial charge in [0.05, 0.1) is 11.4 Å². The molecular weight excluding hydrogens is 468 g/mol. The zero-order valence-electron chi connectivity index (χ0n) is 22.2. The fraction of sp³-hybridized carbons (Fsp3) is 0.633. The van der Waals surface area contributed by atoms with Crippen LogP contribution >= 0.6 is 0 Å². The van der Waals surface area contributed by atoms with Crippen molar-refractivity contribution in [3.8, 4) is 11.4 Å². The molecule has 0 saturated heterocycles. The first-order chi connectivity index (χ1) is 16.1. The normalized spacial score (nSPS) is 10.6. The van der Waals surface area contributed by atoms with Gasteiger partial charge in [0.2, 0.25) is 0 Å². The van der Waals surface area contributed by atoms with Crippen LogP contribution in [0.25, 0.3) is 11.4 Å². The molecule has 0 aliphatic rings. The van der Waals surface area contributed by atoms with Gasteiger partial charge in [-0.1, -0.05) is 79.1 Å². The maximum Gasteiger partial charge on any atom is 1.00 e. The second kappa shape index (κ2) is 20.8. The average molecular weight is 515 g/mol. The Morgan fingerprint density at radius 2 is 0.971 bits per heavy atom. The maximum absolute atomic E-state index is 8.68. The number of nitrogens with zero attached hydrogens (tertiary/aromatic N) is 2. The van der Waals surface area contributed by atoms with E-state index < -0.39 is 0 Å². The predicted octanol–water partition coefficient (Wildman–Crippen LogP) is 9.19. The third-order valence-corrected chi connectivity index (χ3v) is 6.40. The Balaban J connectivity index is 0.00000258. The van der Waals surface area contributed by atoms with Crippen molar-refractivity contribution in [3.05, 3.63) is 47.8 Å². The van der Waals surface area contributed by atoms with Crippen molar-refractivity contribution < 1.29 is 21.9 Å². The van der Waals surface area contributed by atoms with Crippen LogP contribution in [0.4, 0.5) is 0 Å². The average Bonchev–Trinajstić information content (AvgIpc) is 2.85. The molecule has 0 aromatic carbocycles. The van der Waals surface area contributed by atoms with E-state index in [1.807, 2.05) is 12.4 Å². The third-order valence-electron chi connectivity index (χ3n) is 6.40. The summed E-state index contributed by atoms with van der Waals surface area (Å²) in [6.07, 6.45) is 20.9. The molecule has 2 heterocycles.